The lowest BCUT2D eigenvalue weighted by atomic mass is 10.0. The molecule has 0 spiro atoms. The molecule has 1 amide bonds. The molecule has 0 bridgehead atoms. The van der Waals surface area contributed by atoms with Crippen molar-refractivity contribution in [3.63, 3.8) is 0 Å². The van der Waals surface area contributed by atoms with E-state index in [1.54, 1.807) is 0 Å². The van der Waals surface area contributed by atoms with Crippen LogP contribution in [0.2, 0.25) is 0 Å². The number of benzene rings is 1. The molecule has 0 atom stereocenters. The van der Waals surface area contributed by atoms with Crippen molar-refractivity contribution in [3.05, 3.63) is 48.0 Å². The molecule has 0 saturated carbocycles. The molecule has 2 rings (SSSR count). The molecular weight excluding hydrogens is 236 g/mol. The molecule has 0 aromatic heterocycles. The van der Waals surface area contributed by atoms with E-state index in [-0.39, 0.29) is 5.91 Å². The largest absolute Gasteiger partial charge is 0.349 e. The van der Waals surface area contributed by atoms with Crippen molar-refractivity contribution < 1.29 is 4.79 Å². The first-order chi connectivity index (χ1) is 9.15. The quantitative estimate of drug-likeness (QED) is 0.841. The van der Waals surface area contributed by atoms with Crippen LogP contribution in [0.5, 0.6) is 0 Å². The predicted octanol–water partition coefficient (Wildman–Crippen LogP) is 2.46. The highest BCUT2D eigenvalue weighted by Crippen LogP contribution is 2.12. The summed E-state index contributed by atoms with van der Waals surface area (Å²) in [5.74, 6) is 0.0407. The van der Waals surface area contributed by atoms with Gasteiger partial charge in [0.15, 0.2) is 0 Å². The monoisotopic (exact) mass is 258 g/mol. The fourth-order valence-corrected chi connectivity index (χ4v) is 2.48. The minimum absolute atomic E-state index is 0.0407. The maximum absolute atomic E-state index is 12.0. The zero-order valence-corrected chi connectivity index (χ0v) is 11.6. The van der Waals surface area contributed by atoms with Gasteiger partial charge in [-0.1, -0.05) is 30.4 Å². The number of hydrogen-bond donors (Lipinski definition) is 1. The van der Waals surface area contributed by atoms with Crippen molar-refractivity contribution in [2.24, 2.45) is 0 Å². The fourth-order valence-electron chi connectivity index (χ4n) is 2.48. The summed E-state index contributed by atoms with van der Waals surface area (Å²) in [7, 11) is 0. The summed E-state index contributed by atoms with van der Waals surface area (Å²) < 4.78 is 0. The summed E-state index contributed by atoms with van der Waals surface area (Å²) in [4.78, 5) is 14.4. The number of likely N-dealkylation sites (tertiary alicyclic amines) is 1. The lowest BCUT2D eigenvalue weighted by Crippen LogP contribution is -2.44. The smallest absolute Gasteiger partial charge is 0.251 e. The van der Waals surface area contributed by atoms with Gasteiger partial charge in [0.1, 0.15) is 0 Å². The first kappa shape index (κ1) is 13.8. The minimum atomic E-state index is 0.0407. The number of amides is 1. The molecule has 102 valence electrons. The number of piperidine rings is 1. The Hall–Kier alpha value is -1.61. The van der Waals surface area contributed by atoms with E-state index in [2.05, 4.69) is 23.7 Å². The highest BCUT2D eigenvalue weighted by atomic mass is 16.1. The van der Waals surface area contributed by atoms with Crippen molar-refractivity contribution in [2.45, 2.75) is 25.8 Å². The molecular formula is C16H22N2O. The Kier molecular flexibility index (Phi) is 4.74. The summed E-state index contributed by atoms with van der Waals surface area (Å²) in [6.45, 7) is 9.04. The molecule has 1 aromatic rings. The molecule has 1 aliphatic heterocycles. The van der Waals surface area contributed by atoms with Crippen LogP contribution in [-0.4, -0.2) is 36.5 Å². The van der Waals surface area contributed by atoms with E-state index < -0.39 is 0 Å². The molecule has 3 nitrogen and oxygen atoms in total. The zero-order valence-electron chi connectivity index (χ0n) is 11.6. The molecule has 1 saturated heterocycles. The second kappa shape index (κ2) is 6.53. The first-order valence-electron chi connectivity index (χ1n) is 6.88. The average Bonchev–Trinajstić information content (AvgIpc) is 2.41. The number of nitrogens with zero attached hydrogens (tertiary/aromatic N) is 1. The van der Waals surface area contributed by atoms with Gasteiger partial charge in [0.05, 0.1) is 0 Å². The third-order valence-electron chi connectivity index (χ3n) is 3.45. The van der Waals surface area contributed by atoms with E-state index in [0.29, 0.717) is 6.04 Å². The number of carbonyl (C=O) groups is 1. The van der Waals surface area contributed by atoms with Gasteiger partial charge in [-0.05, 0) is 31.9 Å². The maximum Gasteiger partial charge on any atom is 0.251 e. The summed E-state index contributed by atoms with van der Waals surface area (Å²) in [5.41, 5.74) is 1.94. The molecule has 0 aliphatic carbocycles. The number of nitrogens with one attached hydrogen (secondary N) is 1. The van der Waals surface area contributed by atoms with Gasteiger partial charge < -0.3 is 5.32 Å². The Labute approximate surface area is 115 Å². The minimum Gasteiger partial charge on any atom is -0.349 e. The summed E-state index contributed by atoms with van der Waals surface area (Å²) in [6, 6.07) is 9.72. The lowest BCUT2D eigenvalue weighted by molar-refractivity contribution is 0.0913. The van der Waals surface area contributed by atoms with Crippen LogP contribution in [0.25, 0.3) is 0 Å². The van der Waals surface area contributed by atoms with Crippen molar-refractivity contribution in [1.29, 1.82) is 0 Å². The van der Waals surface area contributed by atoms with Crippen LogP contribution in [-0.2, 0) is 0 Å². The third kappa shape index (κ3) is 4.21. The maximum atomic E-state index is 12.0. The van der Waals surface area contributed by atoms with Crippen LogP contribution in [0.4, 0.5) is 0 Å². The van der Waals surface area contributed by atoms with Crippen molar-refractivity contribution in [1.82, 2.24) is 10.2 Å². The van der Waals surface area contributed by atoms with Gasteiger partial charge in [0.2, 0.25) is 0 Å². The number of hydrogen-bond acceptors (Lipinski definition) is 2. The fraction of sp³-hybridized carbons (Fsp3) is 0.438. The van der Waals surface area contributed by atoms with Crippen molar-refractivity contribution >= 4 is 5.91 Å². The topological polar surface area (TPSA) is 32.3 Å². The van der Waals surface area contributed by atoms with Gasteiger partial charge in [-0.2, -0.15) is 0 Å². The van der Waals surface area contributed by atoms with E-state index in [0.717, 1.165) is 38.0 Å². The highest BCUT2D eigenvalue weighted by molar-refractivity contribution is 5.94. The Morgan fingerprint density at radius 2 is 1.95 bits per heavy atom. The van der Waals surface area contributed by atoms with E-state index in [1.165, 1.54) is 5.57 Å². The van der Waals surface area contributed by atoms with Crippen LogP contribution >= 0.6 is 0 Å². The Bertz CT molecular complexity index is 433. The summed E-state index contributed by atoms with van der Waals surface area (Å²) >= 11 is 0. The molecule has 0 unspecified atom stereocenters. The number of rotatable bonds is 4. The van der Waals surface area contributed by atoms with Crippen LogP contribution in [0.15, 0.2) is 42.5 Å². The SMILES string of the molecule is C=C(C)CN1CCC(NC(=O)c2ccccc2)CC1. The van der Waals surface area contributed by atoms with Crippen LogP contribution in [0.3, 0.4) is 0 Å². The number of carbonyl (C=O) groups excluding carboxylic acids is 1. The van der Waals surface area contributed by atoms with Crippen molar-refractivity contribution in [3.8, 4) is 0 Å². The molecule has 3 heteroatoms. The lowest BCUT2D eigenvalue weighted by Gasteiger charge is -2.32. The molecule has 0 radical (unpaired) electrons. The molecule has 1 heterocycles. The van der Waals surface area contributed by atoms with E-state index >= 15 is 0 Å². The predicted molar refractivity (Wildman–Crippen MR) is 78.2 cm³/mol. The molecule has 19 heavy (non-hydrogen) atoms. The summed E-state index contributed by atoms with van der Waals surface area (Å²) in [5, 5.41) is 3.12. The van der Waals surface area contributed by atoms with Gasteiger partial charge in [-0.25, -0.2) is 0 Å². The Balaban J connectivity index is 1.80. The van der Waals surface area contributed by atoms with Gasteiger partial charge in [-0.3, -0.25) is 9.69 Å². The highest BCUT2D eigenvalue weighted by Gasteiger charge is 2.20. The second-order valence-corrected chi connectivity index (χ2v) is 5.35. The van der Waals surface area contributed by atoms with Crippen LogP contribution in [0.1, 0.15) is 30.1 Å². The molecule has 1 aliphatic rings. The van der Waals surface area contributed by atoms with Gasteiger partial charge >= 0.3 is 0 Å². The van der Waals surface area contributed by atoms with Gasteiger partial charge in [-0.15, -0.1) is 0 Å². The van der Waals surface area contributed by atoms with E-state index in [1.807, 2.05) is 30.3 Å². The Morgan fingerprint density at radius 1 is 1.32 bits per heavy atom. The zero-order chi connectivity index (χ0) is 13.7. The third-order valence-corrected chi connectivity index (χ3v) is 3.45. The van der Waals surface area contributed by atoms with E-state index in [9.17, 15) is 4.79 Å². The van der Waals surface area contributed by atoms with Crippen LogP contribution < -0.4 is 5.32 Å². The normalized spacial score (nSPS) is 17.1. The standard InChI is InChI=1S/C16H22N2O/c1-13(2)12-18-10-8-15(9-11-18)17-16(19)14-6-4-3-5-7-14/h3-7,15H,1,8-12H2,2H3,(H,17,19). The average molecular weight is 258 g/mol. The van der Waals surface area contributed by atoms with Gasteiger partial charge in [0.25, 0.3) is 5.91 Å². The van der Waals surface area contributed by atoms with E-state index in [4.69, 9.17) is 0 Å². The summed E-state index contributed by atoms with van der Waals surface area (Å²) in [6.07, 6.45) is 2.04. The van der Waals surface area contributed by atoms with Gasteiger partial charge in [0, 0.05) is 31.2 Å². The van der Waals surface area contributed by atoms with Crippen LogP contribution in [0, 0.1) is 0 Å². The van der Waals surface area contributed by atoms with Crippen molar-refractivity contribution in [2.75, 3.05) is 19.6 Å². The molecule has 1 fully saturated rings. The molecule has 1 aromatic carbocycles. The first-order valence-corrected chi connectivity index (χ1v) is 6.88. The molecule has 1 N–H and O–H groups in total. The Morgan fingerprint density at radius 3 is 2.53 bits per heavy atom. The second-order valence-electron chi connectivity index (χ2n) is 5.35.